The van der Waals surface area contributed by atoms with Crippen molar-refractivity contribution in [1.29, 1.82) is 0 Å². The summed E-state index contributed by atoms with van der Waals surface area (Å²) in [5.74, 6) is 2.06. The van der Waals surface area contributed by atoms with Crippen LogP contribution >= 0.6 is 0 Å². The Hall–Kier alpha value is -0.530. The number of carbonyl (C=O) groups excluding carboxylic acids is 1. The molecule has 2 nitrogen and oxygen atoms in total. The van der Waals surface area contributed by atoms with Crippen molar-refractivity contribution >= 4 is 5.91 Å². The maximum Gasteiger partial charge on any atom is 0.223 e. The van der Waals surface area contributed by atoms with Crippen molar-refractivity contribution in [2.45, 2.75) is 84.0 Å². The molecule has 2 heteroatoms. The Bertz CT molecular complexity index is 259. The molecule has 116 valence electrons. The monoisotopic (exact) mass is 279 g/mol. The van der Waals surface area contributed by atoms with Crippen LogP contribution in [0.25, 0.3) is 0 Å². The molecule has 2 aliphatic carbocycles. The molecule has 2 saturated carbocycles. The lowest BCUT2D eigenvalue weighted by atomic mass is 9.69. The van der Waals surface area contributed by atoms with Gasteiger partial charge in [0.25, 0.3) is 0 Å². The van der Waals surface area contributed by atoms with Crippen LogP contribution in [0.15, 0.2) is 0 Å². The number of carbonyl (C=O) groups is 1. The normalized spacial score (nSPS) is 22.1. The van der Waals surface area contributed by atoms with E-state index in [1.807, 2.05) is 0 Å². The van der Waals surface area contributed by atoms with Gasteiger partial charge in [-0.2, -0.15) is 0 Å². The first kappa shape index (κ1) is 15.9. The first-order valence-corrected chi connectivity index (χ1v) is 9.10. The number of unbranched alkanes of at least 4 members (excludes halogenated alkanes) is 1. The smallest absolute Gasteiger partial charge is 0.223 e. The lowest BCUT2D eigenvalue weighted by molar-refractivity contribution is -0.129. The summed E-state index contributed by atoms with van der Waals surface area (Å²) >= 11 is 0. The minimum atomic E-state index is 0.326. The molecule has 0 aromatic heterocycles. The van der Waals surface area contributed by atoms with Crippen LogP contribution in [0.2, 0.25) is 0 Å². The predicted octanol–water partition coefficient (Wildman–Crippen LogP) is 4.68. The number of hydrogen-bond acceptors (Lipinski definition) is 1. The second-order valence-corrected chi connectivity index (χ2v) is 6.97. The molecule has 0 atom stereocenters. The summed E-state index contributed by atoms with van der Waals surface area (Å²) in [5, 5.41) is 3.24. The topological polar surface area (TPSA) is 29.1 Å². The second kappa shape index (κ2) is 8.69. The summed E-state index contributed by atoms with van der Waals surface area (Å²) in [6.07, 6.45) is 15.6. The summed E-state index contributed by atoms with van der Waals surface area (Å²) < 4.78 is 0. The lowest BCUT2D eigenvalue weighted by Gasteiger charge is -2.36. The third kappa shape index (κ3) is 4.49. The van der Waals surface area contributed by atoms with Gasteiger partial charge in [0.15, 0.2) is 0 Å². The van der Waals surface area contributed by atoms with Gasteiger partial charge in [-0.05, 0) is 43.9 Å². The third-order valence-electron chi connectivity index (χ3n) is 5.45. The average Bonchev–Trinajstić information content (AvgIpc) is 2.50. The Balaban J connectivity index is 1.95. The molecule has 0 bridgehead atoms. The molecule has 0 spiro atoms. The Kier molecular flexibility index (Phi) is 6.89. The standard InChI is InChI=1S/C18H33NO/c1-2-3-14-19-18(20)17(15-10-6-4-7-11-15)16-12-8-5-9-13-16/h15-17H,2-14H2,1H3,(H,19,20). The molecule has 2 rings (SSSR count). The van der Waals surface area contributed by atoms with Crippen molar-refractivity contribution in [1.82, 2.24) is 5.32 Å². The maximum absolute atomic E-state index is 12.7. The van der Waals surface area contributed by atoms with E-state index in [4.69, 9.17) is 0 Å². The van der Waals surface area contributed by atoms with Crippen LogP contribution in [0.3, 0.4) is 0 Å². The number of rotatable bonds is 6. The van der Waals surface area contributed by atoms with Crippen molar-refractivity contribution in [3.63, 3.8) is 0 Å². The maximum atomic E-state index is 12.7. The van der Waals surface area contributed by atoms with Gasteiger partial charge in [0.1, 0.15) is 0 Å². The van der Waals surface area contributed by atoms with Crippen LogP contribution in [-0.4, -0.2) is 12.5 Å². The van der Waals surface area contributed by atoms with Gasteiger partial charge in [0.05, 0.1) is 0 Å². The Morgan fingerprint density at radius 3 is 1.90 bits per heavy atom. The summed E-state index contributed by atoms with van der Waals surface area (Å²) in [6.45, 7) is 3.07. The van der Waals surface area contributed by atoms with E-state index in [2.05, 4.69) is 12.2 Å². The number of amides is 1. The minimum Gasteiger partial charge on any atom is -0.356 e. The van der Waals surface area contributed by atoms with Crippen LogP contribution in [0.4, 0.5) is 0 Å². The zero-order valence-corrected chi connectivity index (χ0v) is 13.3. The molecule has 20 heavy (non-hydrogen) atoms. The highest BCUT2D eigenvalue weighted by Crippen LogP contribution is 2.40. The van der Waals surface area contributed by atoms with Crippen molar-refractivity contribution in [3.05, 3.63) is 0 Å². The van der Waals surface area contributed by atoms with Gasteiger partial charge in [0, 0.05) is 12.5 Å². The fraction of sp³-hybridized carbons (Fsp3) is 0.944. The molecule has 1 N–H and O–H groups in total. The van der Waals surface area contributed by atoms with Gasteiger partial charge in [0.2, 0.25) is 5.91 Å². The quantitative estimate of drug-likeness (QED) is 0.703. The zero-order chi connectivity index (χ0) is 14.2. The van der Waals surface area contributed by atoms with Crippen LogP contribution < -0.4 is 5.32 Å². The van der Waals surface area contributed by atoms with E-state index in [-0.39, 0.29) is 0 Å². The SMILES string of the molecule is CCCCNC(=O)C(C1CCCCC1)C1CCCCC1. The summed E-state index contributed by atoms with van der Waals surface area (Å²) in [5.41, 5.74) is 0. The second-order valence-electron chi connectivity index (χ2n) is 6.97. The molecule has 0 saturated heterocycles. The van der Waals surface area contributed by atoms with Crippen LogP contribution in [0.5, 0.6) is 0 Å². The van der Waals surface area contributed by atoms with E-state index in [0.717, 1.165) is 19.4 Å². The van der Waals surface area contributed by atoms with Gasteiger partial charge >= 0.3 is 0 Å². The largest absolute Gasteiger partial charge is 0.356 e. The molecule has 0 unspecified atom stereocenters. The molecule has 2 fully saturated rings. The lowest BCUT2D eigenvalue weighted by Crippen LogP contribution is -2.41. The van der Waals surface area contributed by atoms with Gasteiger partial charge in [-0.15, -0.1) is 0 Å². The Morgan fingerprint density at radius 2 is 1.45 bits per heavy atom. The summed E-state index contributed by atoms with van der Waals surface area (Å²) in [4.78, 5) is 12.7. The summed E-state index contributed by atoms with van der Waals surface area (Å²) in [7, 11) is 0. The predicted molar refractivity (Wildman–Crippen MR) is 84.6 cm³/mol. The van der Waals surface area contributed by atoms with Gasteiger partial charge < -0.3 is 5.32 Å². The molecule has 0 heterocycles. The summed E-state index contributed by atoms with van der Waals surface area (Å²) in [6, 6.07) is 0. The van der Waals surface area contributed by atoms with E-state index >= 15 is 0 Å². The highest BCUT2D eigenvalue weighted by atomic mass is 16.1. The fourth-order valence-electron chi connectivity index (χ4n) is 4.31. The number of nitrogens with one attached hydrogen (secondary N) is 1. The zero-order valence-electron chi connectivity index (χ0n) is 13.3. The van der Waals surface area contributed by atoms with E-state index in [9.17, 15) is 4.79 Å². The minimum absolute atomic E-state index is 0.326. The van der Waals surface area contributed by atoms with E-state index < -0.39 is 0 Å². The number of hydrogen-bond donors (Lipinski definition) is 1. The Labute approximate surface area is 125 Å². The van der Waals surface area contributed by atoms with Crippen molar-refractivity contribution in [2.75, 3.05) is 6.54 Å². The van der Waals surface area contributed by atoms with Crippen LogP contribution in [0, 0.1) is 17.8 Å². The highest BCUT2D eigenvalue weighted by Gasteiger charge is 2.36. The fourth-order valence-corrected chi connectivity index (χ4v) is 4.31. The van der Waals surface area contributed by atoms with Crippen LogP contribution in [0.1, 0.15) is 84.0 Å². The molecular formula is C18H33NO. The first-order chi connectivity index (χ1) is 9.83. The highest BCUT2D eigenvalue weighted by molar-refractivity contribution is 5.79. The van der Waals surface area contributed by atoms with E-state index in [0.29, 0.717) is 23.7 Å². The average molecular weight is 279 g/mol. The van der Waals surface area contributed by atoms with E-state index in [1.54, 1.807) is 0 Å². The Morgan fingerprint density at radius 1 is 0.950 bits per heavy atom. The van der Waals surface area contributed by atoms with Crippen LogP contribution in [-0.2, 0) is 4.79 Å². The third-order valence-corrected chi connectivity index (χ3v) is 5.45. The van der Waals surface area contributed by atoms with Crippen molar-refractivity contribution in [3.8, 4) is 0 Å². The molecule has 0 aromatic rings. The van der Waals surface area contributed by atoms with Gasteiger partial charge in [-0.25, -0.2) is 0 Å². The van der Waals surface area contributed by atoms with Crippen molar-refractivity contribution in [2.24, 2.45) is 17.8 Å². The molecule has 0 aliphatic heterocycles. The molecule has 0 aromatic carbocycles. The van der Waals surface area contributed by atoms with Crippen molar-refractivity contribution < 1.29 is 4.79 Å². The van der Waals surface area contributed by atoms with E-state index in [1.165, 1.54) is 64.2 Å². The molecule has 1 amide bonds. The molecule has 0 radical (unpaired) electrons. The first-order valence-electron chi connectivity index (χ1n) is 9.10. The molecule has 2 aliphatic rings. The van der Waals surface area contributed by atoms with Gasteiger partial charge in [-0.1, -0.05) is 51.9 Å². The van der Waals surface area contributed by atoms with Gasteiger partial charge in [-0.3, -0.25) is 4.79 Å². The molecular weight excluding hydrogens is 246 g/mol.